The lowest BCUT2D eigenvalue weighted by Crippen LogP contribution is -2.61. The van der Waals surface area contributed by atoms with Gasteiger partial charge in [-0.05, 0) is 84.7 Å². The maximum atomic E-state index is 14.4. The van der Waals surface area contributed by atoms with Crippen LogP contribution in [0.2, 0.25) is 0 Å². The summed E-state index contributed by atoms with van der Waals surface area (Å²) in [6.45, 7) is 15.0. The first kappa shape index (κ1) is 36.4. The molecular formula is C36H52FN7O6S. The van der Waals surface area contributed by atoms with E-state index in [4.69, 9.17) is 14.2 Å². The van der Waals surface area contributed by atoms with E-state index in [0.29, 0.717) is 56.3 Å². The Morgan fingerprint density at radius 2 is 1.76 bits per heavy atom. The number of halogens is 1. The van der Waals surface area contributed by atoms with Crippen LogP contribution in [0.25, 0.3) is 0 Å². The number of carbonyl (C=O) groups is 1. The first-order chi connectivity index (χ1) is 24.4. The molecule has 1 spiro atoms. The Bertz CT molecular complexity index is 1640. The van der Waals surface area contributed by atoms with Crippen LogP contribution in [0.15, 0.2) is 30.7 Å². The van der Waals surface area contributed by atoms with Crippen molar-refractivity contribution in [2.45, 2.75) is 77.6 Å². The molecule has 1 amide bonds. The number of piperidine rings is 1. The minimum Gasteiger partial charge on any atom is -0.451 e. The van der Waals surface area contributed by atoms with Crippen LogP contribution in [0.4, 0.5) is 10.2 Å². The molecular weight excluding hydrogens is 678 g/mol. The van der Waals surface area contributed by atoms with Gasteiger partial charge in [-0.1, -0.05) is 0 Å². The summed E-state index contributed by atoms with van der Waals surface area (Å²) in [5.41, 5.74) is 0.347. The molecule has 6 heterocycles. The summed E-state index contributed by atoms with van der Waals surface area (Å²) < 4.78 is 62.9. The maximum absolute atomic E-state index is 14.4. The second kappa shape index (κ2) is 14.8. The van der Waals surface area contributed by atoms with Crippen molar-refractivity contribution in [3.05, 3.63) is 42.1 Å². The molecule has 0 saturated carbocycles. The molecule has 51 heavy (non-hydrogen) atoms. The van der Waals surface area contributed by atoms with Gasteiger partial charge in [-0.15, -0.1) is 0 Å². The molecule has 2 unspecified atom stereocenters. The van der Waals surface area contributed by atoms with Crippen LogP contribution in [0.5, 0.6) is 11.5 Å². The Morgan fingerprint density at radius 1 is 1.06 bits per heavy atom. The fraction of sp³-hybridized carbons (Fsp3) is 0.694. The van der Waals surface area contributed by atoms with E-state index >= 15 is 0 Å². The number of likely N-dealkylation sites (tertiary alicyclic amines) is 1. The van der Waals surface area contributed by atoms with Crippen molar-refractivity contribution < 1.29 is 31.8 Å². The van der Waals surface area contributed by atoms with Gasteiger partial charge in [0.1, 0.15) is 17.9 Å². The smallest absolute Gasteiger partial charge is 0.279 e. The van der Waals surface area contributed by atoms with E-state index in [-0.39, 0.29) is 46.9 Å². The highest BCUT2D eigenvalue weighted by molar-refractivity contribution is 7.87. The molecule has 5 aliphatic rings. The Kier molecular flexibility index (Phi) is 10.6. The average Bonchev–Trinajstić information content (AvgIpc) is 3.70. The number of nitrogens with one attached hydrogen (secondary N) is 1. The Labute approximate surface area is 301 Å². The van der Waals surface area contributed by atoms with Crippen LogP contribution in [0.3, 0.4) is 0 Å². The number of hydrogen-bond donors (Lipinski definition) is 1. The molecule has 5 fully saturated rings. The van der Waals surface area contributed by atoms with Crippen LogP contribution in [-0.2, 0) is 19.7 Å². The van der Waals surface area contributed by atoms with Crippen molar-refractivity contribution in [3.63, 3.8) is 0 Å². The van der Waals surface area contributed by atoms with Gasteiger partial charge in [-0.2, -0.15) is 17.4 Å². The maximum Gasteiger partial charge on any atom is 0.279 e. The number of carbonyl (C=O) groups excluding carboxylic acids is 1. The summed E-state index contributed by atoms with van der Waals surface area (Å²) >= 11 is 0. The topological polar surface area (TPSA) is 130 Å². The molecule has 0 radical (unpaired) electrons. The molecule has 1 aromatic heterocycles. The van der Waals surface area contributed by atoms with Crippen LogP contribution >= 0.6 is 0 Å². The summed E-state index contributed by atoms with van der Waals surface area (Å²) in [5, 5.41) is 0. The Morgan fingerprint density at radius 3 is 2.41 bits per heavy atom. The summed E-state index contributed by atoms with van der Waals surface area (Å²) in [7, 11) is -3.53. The van der Waals surface area contributed by atoms with Gasteiger partial charge in [-0.3, -0.25) is 4.79 Å². The number of nitrogens with zero attached hydrogens (tertiary/aromatic N) is 6. The van der Waals surface area contributed by atoms with Crippen LogP contribution in [-0.4, -0.2) is 128 Å². The van der Waals surface area contributed by atoms with Crippen LogP contribution < -0.4 is 14.4 Å². The Balaban J connectivity index is 0.891. The van der Waals surface area contributed by atoms with Crippen molar-refractivity contribution in [1.82, 2.24) is 28.8 Å². The van der Waals surface area contributed by atoms with E-state index in [1.165, 1.54) is 24.5 Å². The summed E-state index contributed by atoms with van der Waals surface area (Å²) in [6.07, 6.45) is 6.90. The third-order valence-electron chi connectivity index (χ3n) is 11.4. The number of fused-ring (bicyclic) bond motifs is 1. The van der Waals surface area contributed by atoms with E-state index in [0.717, 1.165) is 58.4 Å². The van der Waals surface area contributed by atoms with Crippen molar-refractivity contribution in [2.75, 3.05) is 70.5 Å². The molecule has 0 aliphatic carbocycles. The van der Waals surface area contributed by atoms with Crippen molar-refractivity contribution in [3.8, 4) is 11.5 Å². The second-order valence-corrected chi connectivity index (χ2v) is 17.4. The number of aromatic nitrogens is 2. The van der Waals surface area contributed by atoms with Crippen molar-refractivity contribution in [2.24, 2.45) is 17.3 Å². The van der Waals surface area contributed by atoms with Crippen molar-refractivity contribution >= 4 is 21.9 Å². The lowest BCUT2D eigenvalue weighted by molar-refractivity contribution is -0.0301. The highest BCUT2D eigenvalue weighted by Crippen LogP contribution is 2.45. The van der Waals surface area contributed by atoms with Gasteiger partial charge >= 0.3 is 0 Å². The fourth-order valence-electron chi connectivity index (χ4n) is 8.60. The molecule has 0 bridgehead atoms. The van der Waals surface area contributed by atoms with Gasteiger partial charge in [0.15, 0.2) is 11.6 Å². The minimum absolute atomic E-state index is 0.0694. The molecule has 5 saturated heterocycles. The molecule has 280 valence electrons. The summed E-state index contributed by atoms with van der Waals surface area (Å²) in [6, 6.07) is 3.69. The van der Waals surface area contributed by atoms with E-state index in [9.17, 15) is 17.6 Å². The molecule has 13 nitrogen and oxygen atoms in total. The average molecular weight is 730 g/mol. The molecule has 1 aromatic carbocycles. The lowest BCUT2D eigenvalue weighted by Gasteiger charge is -2.54. The van der Waals surface area contributed by atoms with Gasteiger partial charge in [-0.25, -0.2) is 14.4 Å². The molecule has 2 aromatic rings. The summed E-state index contributed by atoms with van der Waals surface area (Å²) in [5.74, 6) is 1.18. The quantitative estimate of drug-likeness (QED) is 0.367. The number of hydrogen-bond acceptors (Lipinski definition) is 10. The fourth-order valence-corrected chi connectivity index (χ4v) is 10.1. The van der Waals surface area contributed by atoms with Gasteiger partial charge in [0.25, 0.3) is 16.1 Å². The zero-order valence-corrected chi connectivity index (χ0v) is 31.0. The first-order valence-corrected chi connectivity index (χ1v) is 19.9. The highest BCUT2D eigenvalue weighted by Gasteiger charge is 2.47. The molecule has 7 rings (SSSR count). The number of rotatable bonds is 11. The normalized spacial score (nSPS) is 26.8. The molecule has 5 aliphatic heterocycles. The minimum atomic E-state index is -3.53. The summed E-state index contributed by atoms with van der Waals surface area (Å²) in [4.78, 5) is 28.7. The Hall–Kier alpha value is -2.95. The third kappa shape index (κ3) is 7.88. The van der Waals surface area contributed by atoms with E-state index in [1.54, 1.807) is 15.4 Å². The zero-order valence-electron chi connectivity index (χ0n) is 30.2. The monoisotopic (exact) mass is 729 g/mol. The van der Waals surface area contributed by atoms with E-state index < -0.39 is 16.0 Å². The largest absolute Gasteiger partial charge is 0.451 e. The molecule has 1 N–H and O–H groups in total. The van der Waals surface area contributed by atoms with Gasteiger partial charge in [0.2, 0.25) is 0 Å². The van der Waals surface area contributed by atoms with Gasteiger partial charge < -0.3 is 28.9 Å². The van der Waals surface area contributed by atoms with Gasteiger partial charge in [0.05, 0.1) is 37.7 Å². The lowest BCUT2D eigenvalue weighted by atomic mass is 9.72. The number of benzene rings is 1. The zero-order chi connectivity index (χ0) is 35.9. The number of ether oxygens (including phenoxy) is 3. The number of amides is 1. The second-order valence-electron chi connectivity index (χ2n) is 15.7. The molecule has 4 atom stereocenters. The third-order valence-corrected chi connectivity index (χ3v) is 13.0. The van der Waals surface area contributed by atoms with Crippen molar-refractivity contribution in [1.29, 1.82) is 0 Å². The SMILES string of the molecule is CC(C)N(C(=O)c1cc(F)ccc1Oc1cncnc1N1CC2(CCN(C[C@@H]3CC[C@@H](NS(=O)(=O)N4CC5COCC5C4)CO3)CC2)C1)C(C)C. The molecule has 15 heteroatoms. The van der Waals surface area contributed by atoms with Crippen LogP contribution in [0.1, 0.15) is 63.7 Å². The van der Waals surface area contributed by atoms with Gasteiger partial charge in [0, 0.05) is 68.1 Å². The standard InChI is InChI=1S/C36H52FN7O6S/c1-24(2)44(25(3)4)35(45)31-13-28(37)5-8-32(31)50-33-14-38-23-39-34(33)42-21-36(22-42)9-11-41(12-10-36)17-30-7-6-29(20-49-30)40-51(46,47)43-15-26-18-48-19-27(26)16-43/h5,8,13-14,23-27,29-30,40H,6-7,9-12,15-22H2,1-4H3/t26?,27?,29-,30+/m1/s1. The highest BCUT2D eigenvalue weighted by atomic mass is 32.2. The number of anilines is 1. The predicted octanol–water partition coefficient (Wildman–Crippen LogP) is 3.53. The van der Waals surface area contributed by atoms with Crippen LogP contribution in [0, 0.1) is 23.1 Å². The van der Waals surface area contributed by atoms with E-state index in [1.807, 2.05) is 27.7 Å². The van der Waals surface area contributed by atoms with E-state index in [2.05, 4.69) is 24.5 Å². The predicted molar refractivity (Wildman–Crippen MR) is 189 cm³/mol. The first-order valence-electron chi connectivity index (χ1n) is 18.4.